The summed E-state index contributed by atoms with van der Waals surface area (Å²) in [5, 5.41) is 18.6. The van der Waals surface area contributed by atoms with E-state index in [-0.39, 0.29) is 11.3 Å². The minimum absolute atomic E-state index is 0.160. The van der Waals surface area contributed by atoms with Gasteiger partial charge in [-0.3, -0.25) is 0 Å². The summed E-state index contributed by atoms with van der Waals surface area (Å²) in [7, 11) is 2.41. The first-order valence-corrected chi connectivity index (χ1v) is 7.76. The zero-order chi connectivity index (χ0) is 14.4. The summed E-state index contributed by atoms with van der Waals surface area (Å²) in [6.07, 6.45) is 1.54. The number of carboxylic acids is 1. The van der Waals surface area contributed by atoms with E-state index in [1.165, 1.54) is 17.0 Å². The topological polar surface area (TPSA) is 69.9 Å². The lowest BCUT2D eigenvalue weighted by molar-refractivity contribution is 0.0693. The lowest BCUT2D eigenvalue weighted by Gasteiger charge is -2.01. The van der Waals surface area contributed by atoms with Crippen molar-refractivity contribution in [2.45, 2.75) is 4.90 Å². The van der Waals surface area contributed by atoms with E-state index in [0.717, 1.165) is 11.0 Å². The van der Waals surface area contributed by atoms with E-state index in [2.05, 4.69) is 4.40 Å². The normalized spacial score (nSPS) is 10.8. The van der Waals surface area contributed by atoms with Gasteiger partial charge in [0.25, 0.3) is 0 Å². The van der Waals surface area contributed by atoms with Crippen molar-refractivity contribution in [2.75, 3.05) is 0 Å². The van der Waals surface area contributed by atoms with Crippen LogP contribution >= 0.6 is 21.8 Å². The number of nitrogens with zero attached hydrogens (tertiary/aromatic N) is 1. The second-order valence-corrected chi connectivity index (χ2v) is 5.67. The number of carboxylic acid groups (broad SMARTS) is 1. The van der Waals surface area contributed by atoms with Gasteiger partial charge >= 0.3 is 5.97 Å². The number of rotatable bonds is 5. The van der Waals surface area contributed by atoms with Crippen LogP contribution < -0.4 is 0 Å². The number of carbonyl (C=O) groups is 1. The van der Waals surface area contributed by atoms with E-state index in [1.54, 1.807) is 48.5 Å². The summed E-state index contributed by atoms with van der Waals surface area (Å²) < 4.78 is 4.10. The minimum Gasteiger partial charge on any atom is -0.507 e. The van der Waals surface area contributed by atoms with Crippen molar-refractivity contribution >= 4 is 34.0 Å². The Morgan fingerprint density at radius 3 is 2.55 bits per heavy atom. The highest BCUT2D eigenvalue weighted by molar-refractivity contribution is 8.76. The van der Waals surface area contributed by atoms with Gasteiger partial charge in [-0.05, 0) is 35.1 Å². The van der Waals surface area contributed by atoms with E-state index < -0.39 is 5.97 Å². The SMILES string of the molecule is O=C(O)c1ccccc1SS/N=C/c1ccccc1O. The van der Waals surface area contributed by atoms with Gasteiger partial charge in [-0.15, -0.1) is 0 Å². The zero-order valence-electron chi connectivity index (χ0n) is 10.3. The molecule has 0 aliphatic heterocycles. The third-order valence-corrected chi connectivity index (χ3v) is 4.24. The molecule has 102 valence electrons. The molecule has 0 heterocycles. The molecule has 0 aromatic heterocycles. The van der Waals surface area contributed by atoms with Crippen molar-refractivity contribution in [1.82, 2.24) is 0 Å². The Labute approximate surface area is 124 Å². The Morgan fingerprint density at radius 2 is 1.80 bits per heavy atom. The molecule has 2 aromatic rings. The van der Waals surface area contributed by atoms with Crippen LogP contribution in [-0.2, 0) is 0 Å². The number of aromatic hydroxyl groups is 1. The molecule has 6 heteroatoms. The van der Waals surface area contributed by atoms with Gasteiger partial charge in [0, 0.05) is 27.7 Å². The van der Waals surface area contributed by atoms with Crippen LogP contribution in [0.1, 0.15) is 15.9 Å². The Bertz CT molecular complexity index is 644. The van der Waals surface area contributed by atoms with Crippen molar-refractivity contribution in [1.29, 1.82) is 0 Å². The van der Waals surface area contributed by atoms with Gasteiger partial charge in [0.15, 0.2) is 0 Å². The standard InChI is InChI=1S/C14H11NO3S2/c16-12-7-3-1-5-10(12)9-15-20-19-13-8-4-2-6-11(13)14(17)18/h1-9,16H,(H,17,18)/b15-9+. The third-order valence-electron chi connectivity index (χ3n) is 2.42. The van der Waals surface area contributed by atoms with E-state index in [1.807, 2.05) is 0 Å². The quantitative estimate of drug-likeness (QED) is 0.498. The average molecular weight is 305 g/mol. The Balaban J connectivity index is 2.00. The van der Waals surface area contributed by atoms with Gasteiger partial charge in [0.05, 0.1) is 5.56 Å². The highest BCUT2D eigenvalue weighted by Crippen LogP contribution is 2.34. The first kappa shape index (κ1) is 14.5. The largest absolute Gasteiger partial charge is 0.507 e. The van der Waals surface area contributed by atoms with Crippen molar-refractivity contribution < 1.29 is 15.0 Å². The van der Waals surface area contributed by atoms with Gasteiger partial charge in [-0.25, -0.2) is 9.19 Å². The number of phenolic OH excluding ortho intramolecular Hbond substituents is 1. The van der Waals surface area contributed by atoms with Crippen molar-refractivity contribution in [2.24, 2.45) is 4.40 Å². The summed E-state index contributed by atoms with van der Waals surface area (Å²) in [6, 6.07) is 13.6. The zero-order valence-corrected chi connectivity index (χ0v) is 11.9. The molecular formula is C14H11NO3S2. The summed E-state index contributed by atoms with van der Waals surface area (Å²) in [5.41, 5.74) is 0.870. The number of phenols is 1. The van der Waals surface area contributed by atoms with E-state index in [0.29, 0.717) is 10.5 Å². The van der Waals surface area contributed by atoms with Gasteiger partial charge in [0.2, 0.25) is 0 Å². The monoisotopic (exact) mass is 305 g/mol. The molecule has 0 spiro atoms. The molecule has 0 atom stereocenters. The summed E-state index contributed by atoms with van der Waals surface area (Å²) in [4.78, 5) is 11.7. The Kier molecular flexibility index (Phi) is 5.09. The van der Waals surface area contributed by atoms with Crippen LogP contribution in [0.2, 0.25) is 0 Å². The molecule has 0 aliphatic rings. The van der Waals surface area contributed by atoms with Crippen molar-refractivity contribution in [3.05, 3.63) is 59.7 Å². The lowest BCUT2D eigenvalue weighted by Crippen LogP contribution is -1.97. The fraction of sp³-hybridized carbons (Fsp3) is 0. The highest BCUT2D eigenvalue weighted by atomic mass is 33.1. The minimum atomic E-state index is -0.960. The average Bonchev–Trinajstić information content (AvgIpc) is 2.45. The number of para-hydroxylation sites is 1. The van der Waals surface area contributed by atoms with Crippen LogP contribution in [0.25, 0.3) is 0 Å². The second-order valence-electron chi connectivity index (χ2n) is 3.75. The molecule has 4 nitrogen and oxygen atoms in total. The van der Waals surface area contributed by atoms with Crippen LogP contribution in [-0.4, -0.2) is 22.4 Å². The molecule has 0 aliphatic carbocycles. The number of benzene rings is 2. The Morgan fingerprint density at radius 1 is 1.10 bits per heavy atom. The molecule has 0 amide bonds. The smallest absolute Gasteiger partial charge is 0.336 e. The molecule has 0 saturated heterocycles. The first-order valence-electron chi connectivity index (χ1n) is 5.66. The third kappa shape index (κ3) is 3.79. The van der Waals surface area contributed by atoms with Gasteiger partial charge in [-0.1, -0.05) is 24.3 Å². The molecule has 2 N–H and O–H groups in total. The number of aromatic carboxylic acids is 1. The summed E-state index contributed by atoms with van der Waals surface area (Å²) >= 11 is 0. The molecule has 0 bridgehead atoms. The molecule has 20 heavy (non-hydrogen) atoms. The maximum absolute atomic E-state index is 11.0. The van der Waals surface area contributed by atoms with Crippen LogP contribution in [0, 0.1) is 0 Å². The van der Waals surface area contributed by atoms with E-state index in [4.69, 9.17) is 5.11 Å². The molecule has 2 rings (SSSR count). The fourth-order valence-electron chi connectivity index (χ4n) is 1.45. The summed E-state index contributed by atoms with van der Waals surface area (Å²) in [5.74, 6) is -0.800. The van der Waals surface area contributed by atoms with Gasteiger partial charge in [-0.2, -0.15) is 0 Å². The van der Waals surface area contributed by atoms with E-state index >= 15 is 0 Å². The van der Waals surface area contributed by atoms with Crippen molar-refractivity contribution in [3.63, 3.8) is 0 Å². The van der Waals surface area contributed by atoms with Crippen LogP contribution in [0.4, 0.5) is 0 Å². The van der Waals surface area contributed by atoms with Gasteiger partial charge < -0.3 is 10.2 Å². The lowest BCUT2D eigenvalue weighted by atomic mass is 10.2. The molecule has 2 aromatic carbocycles. The van der Waals surface area contributed by atoms with Gasteiger partial charge in [0.1, 0.15) is 5.75 Å². The van der Waals surface area contributed by atoms with Crippen molar-refractivity contribution in [3.8, 4) is 5.75 Å². The predicted molar refractivity (Wildman–Crippen MR) is 82.6 cm³/mol. The van der Waals surface area contributed by atoms with Crippen LogP contribution in [0.3, 0.4) is 0 Å². The number of hydrogen-bond donors (Lipinski definition) is 2. The highest BCUT2D eigenvalue weighted by Gasteiger charge is 2.09. The maximum Gasteiger partial charge on any atom is 0.336 e. The van der Waals surface area contributed by atoms with E-state index in [9.17, 15) is 9.90 Å². The first-order chi connectivity index (χ1) is 9.68. The van der Waals surface area contributed by atoms with Crippen LogP contribution in [0.5, 0.6) is 5.75 Å². The van der Waals surface area contributed by atoms with Crippen LogP contribution in [0.15, 0.2) is 57.8 Å². The predicted octanol–water partition coefficient (Wildman–Crippen LogP) is 3.86. The number of hydrogen-bond acceptors (Lipinski definition) is 5. The second kappa shape index (κ2) is 7.02. The molecule has 0 unspecified atom stereocenters. The molecule has 0 radical (unpaired) electrons. The molecule has 0 fully saturated rings. The molecular weight excluding hydrogens is 294 g/mol. The maximum atomic E-state index is 11.0. The summed E-state index contributed by atoms with van der Waals surface area (Å²) in [6.45, 7) is 0. The Hall–Kier alpha value is -1.92. The molecule has 0 saturated carbocycles. The fourth-order valence-corrected chi connectivity index (χ4v) is 3.05.